The van der Waals surface area contributed by atoms with Crippen molar-refractivity contribution < 1.29 is 4.57 Å². The number of aromatic amines is 1. The first-order chi connectivity index (χ1) is 10.8. The van der Waals surface area contributed by atoms with E-state index >= 15 is 0 Å². The summed E-state index contributed by atoms with van der Waals surface area (Å²) >= 11 is 0. The molecule has 0 saturated heterocycles. The average molecular weight is 299 g/mol. The third kappa shape index (κ3) is 5.32. The van der Waals surface area contributed by atoms with Crippen molar-refractivity contribution in [1.29, 1.82) is 0 Å². The van der Waals surface area contributed by atoms with Gasteiger partial charge in [0.1, 0.15) is 18.4 Å². The molecule has 0 aliphatic rings. The molecule has 0 fully saturated rings. The van der Waals surface area contributed by atoms with Crippen LogP contribution in [-0.2, 0) is 6.42 Å². The molecule has 0 aliphatic heterocycles. The minimum atomic E-state index is 0.539. The highest BCUT2D eigenvalue weighted by Gasteiger charge is 2.22. The summed E-state index contributed by atoms with van der Waals surface area (Å²) in [7, 11) is 0. The fourth-order valence-electron chi connectivity index (χ4n) is 3.24. The molecule has 0 saturated carbocycles. The second kappa shape index (κ2) is 9.45. The molecule has 1 N–H and O–H groups in total. The predicted octanol–water partition coefficient (Wildman–Crippen LogP) is 5.08. The van der Waals surface area contributed by atoms with Crippen LogP contribution in [0.25, 0.3) is 0 Å². The van der Waals surface area contributed by atoms with Gasteiger partial charge >= 0.3 is 0 Å². The molecule has 2 unspecified atom stereocenters. The molecule has 1 aromatic carbocycles. The van der Waals surface area contributed by atoms with Crippen LogP contribution >= 0.6 is 0 Å². The van der Waals surface area contributed by atoms with Crippen LogP contribution in [0.2, 0.25) is 0 Å². The lowest BCUT2D eigenvalue weighted by molar-refractivity contribution is -0.725. The first kappa shape index (κ1) is 16.8. The number of hydrogen-bond donors (Lipinski definition) is 1. The SMILES string of the molecule is CCCCCCCC(Cc1ccccc1)C(C)[n+]1cc[nH]c1. The van der Waals surface area contributed by atoms with Crippen molar-refractivity contribution in [2.75, 3.05) is 0 Å². The lowest BCUT2D eigenvalue weighted by Gasteiger charge is -2.22. The van der Waals surface area contributed by atoms with E-state index in [0.29, 0.717) is 12.0 Å². The van der Waals surface area contributed by atoms with Gasteiger partial charge in [0.15, 0.2) is 0 Å². The molecule has 0 bridgehead atoms. The van der Waals surface area contributed by atoms with Gasteiger partial charge < -0.3 is 0 Å². The molecule has 2 atom stereocenters. The number of imidazole rings is 1. The van der Waals surface area contributed by atoms with Crippen LogP contribution in [0.4, 0.5) is 0 Å². The Labute approximate surface area is 135 Å². The number of nitrogens with zero attached hydrogens (tertiary/aromatic N) is 1. The minimum Gasteiger partial charge on any atom is -0.250 e. The van der Waals surface area contributed by atoms with Crippen LogP contribution in [0, 0.1) is 5.92 Å². The fourth-order valence-corrected chi connectivity index (χ4v) is 3.24. The van der Waals surface area contributed by atoms with E-state index in [2.05, 4.69) is 66.3 Å². The molecule has 0 aliphatic carbocycles. The van der Waals surface area contributed by atoms with Gasteiger partial charge in [-0.05, 0) is 25.3 Å². The molecule has 0 radical (unpaired) electrons. The van der Waals surface area contributed by atoms with Gasteiger partial charge in [-0.1, -0.05) is 69.4 Å². The van der Waals surface area contributed by atoms with Crippen molar-refractivity contribution in [2.24, 2.45) is 5.92 Å². The molecule has 22 heavy (non-hydrogen) atoms. The smallest absolute Gasteiger partial charge is 0.241 e. The van der Waals surface area contributed by atoms with Crippen LogP contribution < -0.4 is 4.57 Å². The monoisotopic (exact) mass is 299 g/mol. The van der Waals surface area contributed by atoms with E-state index in [4.69, 9.17) is 0 Å². The fraction of sp³-hybridized carbons (Fsp3) is 0.550. The van der Waals surface area contributed by atoms with Gasteiger partial charge in [0.05, 0.1) is 0 Å². The number of unbranched alkanes of at least 4 members (excludes halogenated alkanes) is 4. The molecule has 1 heterocycles. The Hall–Kier alpha value is -1.57. The second-order valence-corrected chi connectivity index (χ2v) is 6.45. The molecule has 2 aromatic rings. The summed E-state index contributed by atoms with van der Waals surface area (Å²) in [4.78, 5) is 3.18. The van der Waals surface area contributed by atoms with E-state index in [1.165, 1.54) is 50.5 Å². The van der Waals surface area contributed by atoms with E-state index in [-0.39, 0.29) is 0 Å². The van der Waals surface area contributed by atoms with Crippen molar-refractivity contribution in [3.05, 3.63) is 54.6 Å². The highest BCUT2D eigenvalue weighted by Crippen LogP contribution is 2.24. The molecular weight excluding hydrogens is 268 g/mol. The van der Waals surface area contributed by atoms with Gasteiger partial charge in [0.25, 0.3) is 0 Å². The minimum absolute atomic E-state index is 0.539. The molecule has 1 aromatic heterocycles. The molecule has 120 valence electrons. The summed E-state index contributed by atoms with van der Waals surface area (Å²) in [5.41, 5.74) is 1.46. The van der Waals surface area contributed by atoms with Crippen LogP contribution in [0.3, 0.4) is 0 Å². The first-order valence-electron chi connectivity index (χ1n) is 8.88. The molecular formula is C20H31N2+. The number of nitrogens with one attached hydrogen (secondary N) is 1. The standard InChI is InChI=1S/C20H30N2/c1-3-4-5-6-10-13-20(16-19-11-8-7-9-12-19)18(2)22-15-14-21-17-22/h7-9,11-12,14-15,17-18,20H,3-6,10,13,16H2,1-2H3/p+1. The van der Waals surface area contributed by atoms with Crippen LogP contribution in [0.1, 0.15) is 64.0 Å². The predicted molar refractivity (Wildman–Crippen MR) is 92.7 cm³/mol. The molecule has 0 spiro atoms. The Morgan fingerprint density at radius 3 is 2.50 bits per heavy atom. The number of rotatable bonds is 10. The van der Waals surface area contributed by atoms with Crippen molar-refractivity contribution in [2.45, 2.75) is 64.8 Å². The van der Waals surface area contributed by atoms with E-state index in [0.717, 1.165) is 0 Å². The van der Waals surface area contributed by atoms with Crippen LogP contribution in [0.15, 0.2) is 49.1 Å². The second-order valence-electron chi connectivity index (χ2n) is 6.45. The zero-order chi connectivity index (χ0) is 15.6. The van der Waals surface area contributed by atoms with Crippen LogP contribution in [0.5, 0.6) is 0 Å². The summed E-state index contributed by atoms with van der Waals surface area (Å²) < 4.78 is 2.32. The molecule has 2 heteroatoms. The van der Waals surface area contributed by atoms with Crippen molar-refractivity contribution in [3.8, 4) is 0 Å². The van der Waals surface area contributed by atoms with Gasteiger partial charge in [0, 0.05) is 5.92 Å². The maximum atomic E-state index is 3.18. The van der Waals surface area contributed by atoms with Crippen LogP contribution in [-0.4, -0.2) is 4.98 Å². The van der Waals surface area contributed by atoms with Gasteiger partial charge in [-0.2, -0.15) is 0 Å². The Morgan fingerprint density at radius 1 is 1.05 bits per heavy atom. The van der Waals surface area contributed by atoms with Crippen molar-refractivity contribution in [1.82, 2.24) is 4.98 Å². The molecule has 2 rings (SSSR count). The van der Waals surface area contributed by atoms with E-state index in [1.807, 2.05) is 6.20 Å². The quantitative estimate of drug-likeness (QED) is 0.466. The zero-order valence-electron chi connectivity index (χ0n) is 14.2. The highest BCUT2D eigenvalue weighted by molar-refractivity contribution is 5.15. The third-order valence-electron chi connectivity index (χ3n) is 4.74. The molecule has 0 amide bonds. The maximum absolute atomic E-state index is 3.18. The molecule has 2 nitrogen and oxygen atoms in total. The number of hydrogen-bond acceptors (Lipinski definition) is 0. The summed E-state index contributed by atoms with van der Waals surface area (Å²) in [5.74, 6) is 0.699. The summed E-state index contributed by atoms with van der Waals surface area (Å²) in [6, 6.07) is 11.5. The lowest BCUT2D eigenvalue weighted by Crippen LogP contribution is -2.40. The highest BCUT2D eigenvalue weighted by atomic mass is 15.0. The van der Waals surface area contributed by atoms with Gasteiger partial charge in [0.2, 0.25) is 6.33 Å². The summed E-state index contributed by atoms with van der Waals surface area (Å²) in [5, 5.41) is 0. The first-order valence-corrected chi connectivity index (χ1v) is 8.88. The third-order valence-corrected chi connectivity index (χ3v) is 4.74. The number of H-pyrrole nitrogens is 1. The topological polar surface area (TPSA) is 19.7 Å². The largest absolute Gasteiger partial charge is 0.250 e. The van der Waals surface area contributed by atoms with E-state index in [1.54, 1.807) is 0 Å². The van der Waals surface area contributed by atoms with Crippen molar-refractivity contribution in [3.63, 3.8) is 0 Å². The van der Waals surface area contributed by atoms with E-state index < -0.39 is 0 Å². The Balaban J connectivity index is 1.94. The van der Waals surface area contributed by atoms with Gasteiger partial charge in [-0.15, -0.1) is 0 Å². The zero-order valence-corrected chi connectivity index (χ0v) is 14.2. The average Bonchev–Trinajstić information content (AvgIpc) is 3.08. The summed E-state index contributed by atoms with van der Waals surface area (Å²) in [6.45, 7) is 4.64. The number of benzene rings is 1. The maximum Gasteiger partial charge on any atom is 0.241 e. The Morgan fingerprint density at radius 2 is 1.82 bits per heavy atom. The Bertz CT molecular complexity index is 490. The Kier molecular flexibility index (Phi) is 7.21. The number of aromatic nitrogens is 2. The van der Waals surface area contributed by atoms with E-state index in [9.17, 15) is 0 Å². The van der Waals surface area contributed by atoms with Gasteiger partial charge in [-0.3, -0.25) is 4.98 Å². The lowest BCUT2D eigenvalue weighted by atomic mass is 9.88. The normalized spacial score (nSPS) is 13.9. The van der Waals surface area contributed by atoms with Gasteiger partial charge in [-0.25, -0.2) is 4.57 Å². The summed E-state index contributed by atoms with van der Waals surface area (Å²) in [6.07, 6.45) is 15.6. The van der Waals surface area contributed by atoms with Crippen molar-refractivity contribution >= 4 is 0 Å².